The second-order valence-corrected chi connectivity index (χ2v) is 6.75. The van der Waals surface area contributed by atoms with E-state index in [0.29, 0.717) is 6.04 Å². The summed E-state index contributed by atoms with van der Waals surface area (Å²) in [5.74, 6) is 0.0324. The van der Waals surface area contributed by atoms with Gasteiger partial charge in [0.15, 0.2) is 0 Å². The zero-order valence-electron chi connectivity index (χ0n) is 13.2. The molecular weight excluding hydrogens is 250 g/mol. The molecule has 1 N–H and O–H groups in total. The third-order valence-corrected chi connectivity index (χ3v) is 5.64. The van der Waals surface area contributed by atoms with E-state index in [0.717, 1.165) is 31.7 Å². The predicted octanol–water partition coefficient (Wildman–Crippen LogP) is 3.92. The summed E-state index contributed by atoms with van der Waals surface area (Å²) in [5.41, 5.74) is 0. The minimum atomic E-state index is -0.566. The van der Waals surface area contributed by atoms with E-state index in [1.54, 1.807) is 0 Å². The molecule has 3 nitrogen and oxygen atoms in total. The molecule has 0 aromatic rings. The highest BCUT2D eigenvalue weighted by Gasteiger charge is 2.40. The molecule has 4 unspecified atom stereocenters. The molecule has 0 aromatic heterocycles. The number of carboxylic acid groups (broad SMARTS) is 1. The summed E-state index contributed by atoms with van der Waals surface area (Å²) in [7, 11) is 0. The lowest BCUT2D eigenvalue weighted by molar-refractivity contribution is -0.147. The van der Waals surface area contributed by atoms with Crippen molar-refractivity contribution in [3.8, 4) is 0 Å². The molecule has 0 amide bonds. The number of hydrogen-bond acceptors (Lipinski definition) is 2. The Bertz CT molecular complexity index is 318. The fourth-order valence-corrected chi connectivity index (χ4v) is 4.33. The molecule has 0 radical (unpaired) electrons. The first-order chi connectivity index (χ1) is 9.67. The van der Waals surface area contributed by atoms with Crippen LogP contribution in [0.1, 0.15) is 71.6 Å². The summed E-state index contributed by atoms with van der Waals surface area (Å²) in [6.45, 7) is 5.63. The summed E-state index contributed by atoms with van der Waals surface area (Å²) in [4.78, 5) is 14.2. The molecule has 1 saturated carbocycles. The molecule has 116 valence electrons. The largest absolute Gasteiger partial charge is 0.481 e. The highest BCUT2D eigenvalue weighted by Crippen LogP contribution is 2.37. The van der Waals surface area contributed by atoms with Gasteiger partial charge in [-0.1, -0.05) is 33.1 Å². The zero-order chi connectivity index (χ0) is 14.5. The molecule has 3 heteroatoms. The van der Waals surface area contributed by atoms with Crippen molar-refractivity contribution in [2.75, 3.05) is 6.54 Å². The van der Waals surface area contributed by atoms with Gasteiger partial charge in [0, 0.05) is 12.1 Å². The molecule has 0 spiro atoms. The van der Waals surface area contributed by atoms with Crippen molar-refractivity contribution >= 4 is 5.97 Å². The van der Waals surface area contributed by atoms with E-state index in [-0.39, 0.29) is 12.0 Å². The lowest BCUT2D eigenvalue weighted by atomic mass is 9.76. The monoisotopic (exact) mass is 281 g/mol. The number of nitrogens with zero attached hydrogens (tertiary/aromatic N) is 1. The Kier molecular flexibility index (Phi) is 5.88. The predicted molar refractivity (Wildman–Crippen MR) is 81.8 cm³/mol. The lowest BCUT2D eigenvalue weighted by Gasteiger charge is -2.44. The van der Waals surface area contributed by atoms with E-state index in [1.807, 2.05) is 0 Å². The SMILES string of the molecule is CCC1CCC(C(=O)O)C(N2CCCCCC2CC)C1. The van der Waals surface area contributed by atoms with Gasteiger partial charge in [-0.25, -0.2) is 0 Å². The minimum absolute atomic E-state index is 0.134. The molecule has 2 fully saturated rings. The molecule has 1 heterocycles. The molecule has 20 heavy (non-hydrogen) atoms. The van der Waals surface area contributed by atoms with Gasteiger partial charge in [-0.15, -0.1) is 0 Å². The second kappa shape index (κ2) is 7.44. The van der Waals surface area contributed by atoms with Crippen LogP contribution in [-0.4, -0.2) is 34.6 Å². The van der Waals surface area contributed by atoms with Crippen LogP contribution < -0.4 is 0 Å². The quantitative estimate of drug-likeness (QED) is 0.849. The maximum atomic E-state index is 11.7. The number of carboxylic acids is 1. The molecule has 1 aliphatic heterocycles. The first kappa shape index (κ1) is 15.8. The maximum Gasteiger partial charge on any atom is 0.308 e. The van der Waals surface area contributed by atoms with Gasteiger partial charge in [0.2, 0.25) is 0 Å². The Labute approximate surface area is 123 Å². The number of hydrogen-bond donors (Lipinski definition) is 1. The molecule has 1 saturated heterocycles. The van der Waals surface area contributed by atoms with Crippen LogP contribution in [0, 0.1) is 11.8 Å². The van der Waals surface area contributed by atoms with Crippen molar-refractivity contribution in [3.63, 3.8) is 0 Å². The van der Waals surface area contributed by atoms with Crippen LogP contribution in [0.25, 0.3) is 0 Å². The van der Waals surface area contributed by atoms with Crippen molar-refractivity contribution in [3.05, 3.63) is 0 Å². The Balaban J connectivity index is 2.15. The van der Waals surface area contributed by atoms with Gasteiger partial charge in [-0.2, -0.15) is 0 Å². The molecule has 4 atom stereocenters. The van der Waals surface area contributed by atoms with Crippen LogP contribution in [0.15, 0.2) is 0 Å². The Morgan fingerprint density at radius 3 is 2.55 bits per heavy atom. The normalized spacial score (nSPS) is 36.5. The molecular formula is C17H31NO2. The van der Waals surface area contributed by atoms with Crippen molar-refractivity contribution in [1.82, 2.24) is 4.90 Å². The van der Waals surface area contributed by atoms with E-state index in [9.17, 15) is 9.90 Å². The highest BCUT2D eigenvalue weighted by molar-refractivity contribution is 5.71. The number of carbonyl (C=O) groups is 1. The summed E-state index contributed by atoms with van der Waals surface area (Å²) in [6.07, 6.45) is 10.6. The van der Waals surface area contributed by atoms with Crippen molar-refractivity contribution in [1.29, 1.82) is 0 Å². The first-order valence-corrected chi connectivity index (χ1v) is 8.65. The molecule has 0 aromatic carbocycles. The van der Waals surface area contributed by atoms with Crippen LogP contribution in [0.2, 0.25) is 0 Å². The smallest absolute Gasteiger partial charge is 0.308 e. The number of likely N-dealkylation sites (tertiary alicyclic amines) is 1. The number of rotatable bonds is 4. The van der Waals surface area contributed by atoms with Gasteiger partial charge in [0.1, 0.15) is 0 Å². The van der Waals surface area contributed by atoms with Crippen LogP contribution in [-0.2, 0) is 4.79 Å². The second-order valence-electron chi connectivity index (χ2n) is 6.75. The summed E-state index contributed by atoms with van der Waals surface area (Å²) >= 11 is 0. The van der Waals surface area contributed by atoms with E-state index < -0.39 is 5.97 Å². The van der Waals surface area contributed by atoms with Crippen molar-refractivity contribution < 1.29 is 9.90 Å². The van der Waals surface area contributed by atoms with E-state index in [4.69, 9.17) is 0 Å². The van der Waals surface area contributed by atoms with E-state index >= 15 is 0 Å². The van der Waals surface area contributed by atoms with Crippen LogP contribution in [0.4, 0.5) is 0 Å². The van der Waals surface area contributed by atoms with Crippen LogP contribution in [0.5, 0.6) is 0 Å². The third-order valence-electron chi connectivity index (χ3n) is 5.64. The first-order valence-electron chi connectivity index (χ1n) is 8.65. The average Bonchev–Trinajstić information content (AvgIpc) is 2.71. The molecule has 1 aliphatic carbocycles. The molecule has 0 bridgehead atoms. The minimum Gasteiger partial charge on any atom is -0.481 e. The molecule has 2 rings (SSSR count). The van der Waals surface area contributed by atoms with Crippen molar-refractivity contribution in [2.45, 2.75) is 83.7 Å². The topological polar surface area (TPSA) is 40.5 Å². The van der Waals surface area contributed by atoms with Crippen molar-refractivity contribution in [2.24, 2.45) is 11.8 Å². The van der Waals surface area contributed by atoms with E-state index in [1.165, 1.54) is 38.5 Å². The molecule has 2 aliphatic rings. The van der Waals surface area contributed by atoms with Gasteiger partial charge in [-0.05, 0) is 51.0 Å². The Hall–Kier alpha value is -0.570. The Morgan fingerprint density at radius 1 is 1.10 bits per heavy atom. The summed E-state index contributed by atoms with van der Waals surface area (Å²) < 4.78 is 0. The summed E-state index contributed by atoms with van der Waals surface area (Å²) in [5, 5.41) is 9.60. The van der Waals surface area contributed by atoms with E-state index in [2.05, 4.69) is 18.7 Å². The third kappa shape index (κ3) is 3.55. The zero-order valence-corrected chi connectivity index (χ0v) is 13.2. The van der Waals surface area contributed by atoms with Gasteiger partial charge < -0.3 is 5.11 Å². The fourth-order valence-electron chi connectivity index (χ4n) is 4.33. The highest BCUT2D eigenvalue weighted by atomic mass is 16.4. The average molecular weight is 281 g/mol. The van der Waals surface area contributed by atoms with Gasteiger partial charge in [0.05, 0.1) is 5.92 Å². The fraction of sp³-hybridized carbons (Fsp3) is 0.941. The van der Waals surface area contributed by atoms with Crippen LogP contribution in [0.3, 0.4) is 0 Å². The van der Waals surface area contributed by atoms with Gasteiger partial charge >= 0.3 is 5.97 Å². The van der Waals surface area contributed by atoms with Gasteiger partial charge in [-0.3, -0.25) is 9.69 Å². The summed E-state index contributed by atoms with van der Waals surface area (Å²) in [6, 6.07) is 0.897. The van der Waals surface area contributed by atoms with Crippen LogP contribution >= 0.6 is 0 Å². The maximum absolute atomic E-state index is 11.7. The van der Waals surface area contributed by atoms with Gasteiger partial charge in [0.25, 0.3) is 0 Å². The lowest BCUT2D eigenvalue weighted by Crippen LogP contribution is -2.51. The number of aliphatic carboxylic acids is 1. The Morgan fingerprint density at radius 2 is 1.90 bits per heavy atom. The standard InChI is InChI=1S/C17H31NO2/c1-3-13-9-10-15(17(19)20)16(12-13)18-11-7-5-6-8-14(18)4-2/h13-16H,3-12H2,1-2H3,(H,19,20).